The van der Waals surface area contributed by atoms with E-state index in [1.165, 1.54) is 16.2 Å². The van der Waals surface area contributed by atoms with Crippen LogP contribution in [0.2, 0.25) is 0 Å². The van der Waals surface area contributed by atoms with Gasteiger partial charge in [0, 0.05) is 12.6 Å². The zero-order valence-corrected chi connectivity index (χ0v) is 11.9. The van der Waals surface area contributed by atoms with Gasteiger partial charge in [-0.2, -0.15) is 4.68 Å². The second kappa shape index (κ2) is 4.62. The second-order valence-corrected chi connectivity index (χ2v) is 4.80. The molecule has 1 aromatic carbocycles. The van der Waals surface area contributed by atoms with Gasteiger partial charge in [0.2, 0.25) is 0 Å². The maximum Gasteiger partial charge on any atom is 0.283 e. The second-order valence-electron chi connectivity index (χ2n) is 4.80. The van der Waals surface area contributed by atoms with Gasteiger partial charge in [-0.3, -0.25) is 14.2 Å². The number of carbonyl (C=O) groups excluding carboxylic acids is 1. The van der Waals surface area contributed by atoms with Gasteiger partial charge in [-0.25, -0.2) is 4.98 Å². The first-order valence-corrected chi connectivity index (χ1v) is 6.39. The SMILES string of the molecule is CC(=O)c1cccc(-n2nnc3c(=O)n(C)c(C)nc32)c1. The van der Waals surface area contributed by atoms with E-state index in [1.807, 2.05) is 0 Å². The van der Waals surface area contributed by atoms with Gasteiger partial charge in [-0.1, -0.05) is 17.3 Å². The zero-order chi connectivity index (χ0) is 15.1. The van der Waals surface area contributed by atoms with Crippen molar-refractivity contribution in [1.82, 2.24) is 24.5 Å². The summed E-state index contributed by atoms with van der Waals surface area (Å²) in [4.78, 5) is 28.0. The number of benzene rings is 1. The van der Waals surface area contributed by atoms with Crippen LogP contribution in [0.5, 0.6) is 0 Å². The van der Waals surface area contributed by atoms with Crippen molar-refractivity contribution in [2.45, 2.75) is 13.8 Å². The first-order valence-electron chi connectivity index (χ1n) is 6.39. The van der Waals surface area contributed by atoms with Crippen LogP contribution in [-0.4, -0.2) is 30.3 Å². The van der Waals surface area contributed by atoms with E-state index in [1.54, 1.807) is 38.2 Å². The van der Waals surface area contributed by atoms with Crippen LogP contribution < -0.4 is 5.56 Å². The first-order chi connectivity index (χ1) is 9.99. The summed E-state index contributed by atoms with van der Waals surface area (Å²) in [5.41, 5.74) is 1.56. The highest BCUT2D eigenvalue weighted by molar-refractivity contribution is 5.94. The number of fused-ring (bicyclic) bond motifs is 1. The predicted molar refractivity (Wildman–Crippen MR) is 76.6 cm³/mol. The molecule has 3 rings (SSSR count). The van der Waals surface area contributed by atoms with Gasteiger partial charge in [-0.05, 0) is 26.0 Å². The van der Waals surface area contributed by atoms with Gasteiger partial charge in [0.15, 0.2) is 16.9 Å². The quantitative estimate of drug-likeness (QED) is 0.656. The number of nitrogens with zero attached hydrogens (tertiary/aromatic N) is 5. The van der Waals surface area contributed by atoms with Crippen LogP contribution >= 0.6 is 0 Å². The largest absolute Gasteiger partial charge is 0.298 e. The molecule has 7 nitrogen and oxygen atoms in total. The molecule has 0 aliphatic heterocycles. The highest BCUT2D eigenvalue weighted by Crippen LogP contribution is 2.14. The molecule has 0 spiro atoms. The summed E-state index contributed by atoms with van der Waals surface area (Å²) < 4.78 is 2.89. The summed E-state index contributed by atoms with van der Waals surface area (Å²) in [7, 11) is 1.64. The average Bonchev–Trinajstić information content (AvgIpc) is 2.88. The Kier molecular flexibility index (Phi) is 2.90. The molecule has 0 unspecified atom stereocenters. The molecule has 3 aromatic rings. The molecular weight excluding hydrogens is 270 g/mol. The highest BCUT2D eigenvalue weighted by atomic mass is 16.1. The minimum atomic E-state index is -0.244. The molecule has 2 aromatic heterocycles. The number of carbonyl (C=O) groups is 1. The molecule has 0 atom stereocenters. The van der Waals surface area contributed by atoms with Crippen LogP contribution in [-0.2, 0) is 7.05 Å². The molecule has 0 saturated heterocycles. The smallest absolute Gasteiger partial charge is 0.283 e. The summed E-state index contributed by atoms with van der Waals surface area (Å²) in [6.45, 7) is 3.24. The van der Waals surface area contributed by atoms with Gasteiger partial charge in [0.05, 0.1) is 5.69 Å². The third-order valence-electron chi connectivity index (χ3n) is 3.40. The summed E-state index contributed by atoms with van der Waals surface area (Å²) in [5, 5.41) is 7.89. The standard InChI is InChI=1S/C14H13N5O2/c1-8(20)10-5-4-6-11(7-10)19-13-12(16-17-19)14(21)18(3)9(2)15-13/h4-7H,1-3H3. The van der Waals surface area contributed by atoms with Crippen molar-refractivity contribution in [2.24, 2.45) is 7.05 Å². The lowest BCUT2D eigenvalue weighted by Gasteiger charge is -2.05. The van der Waals surface area contributed by atoms with E-state index in [2.05, 4.69) is 15.3 Å². The zero-order valence-electron chi connectivity index (χ0n) is 11.9. The number of hydrogen-bond donors (Lipinski definition) is 0. The molecule has 21 heavy (non-hydrogen) atoms. The molecule has 0 amide bonds. The molecule has 0 bridgehead atoms. The Bertz CT molecular complexity index is 923. The van der Waals surface area contributed by atoms with E-state index in [-0.39, 0.29) is 16.9 Å². The van der Waals surface area contributed by atoms with E-state index >= 15 is 0 Å². The van der Waals surface area contributed by atoms with E-state index in [9.17, 15) is 9.59 Å². The minimum Gasteiger partial charge on any atom is -0.298 e. The van der Waals surface area contributed by atoms with Gasteiger partial charge < -0.3 is 0 Å². The van der Waals surface area contributed by atoms with Gasteiger partial charge in [0.1, 0.15) is 5.82 Å². The third kappa shape index (κ3) is 2.03. The van der Waals surface area contributed by atoms with Crippen molar-refractivity contribution in [3.8, 4) is 5.69 Å². The van der Waals surface area contributed by atoms with Crippen molar-refractivity contribution in [3.05, 3.63) is 46.0 Å². The van der Waals surface area contributed by atoms with Crippen LogP contribution in [0.15, 0.2) is 29.1 Å². The Morgan fingerprint density at radius 3 is 2.76 bits per heavy atom. The van der Waals surface area contributed by atoms with E-state index in [0.717, 1.165) is 0 Å². The number of rotatable bonds is 2. The summed E-state index contributed by atoms with van der Waals surface area (Å²) in [5.74, 6) is 0.528. The predicted octanol–water partition coefficient (Wildman–Crippen LogP) is 1.03. The Labute approximate surface area is 119 Å². The van der Waals surface area contributed by atoms with Gasteiger partial charge in [0.25, 0.3) is 5.56 Å². The highest BCUT2D eigenvalue weighted by Gasteiger charge is 2.14. The molecule has 0 fully saturated rings. The van der Waals surface area contributed by atoms with Crippen molar-refractivity contribution in [3.63, 3.8) is 0 Å². The molecule has 7 heteroatoms. The molecular formula is C14H13N5O2. The van der Waals surface area contributed by atoms with E-state index in [4.69, 9.17) is 0 Å². The van der Waals surface area contributed by atoms with Crippen LogP contribution in [0.3, 0.4) is 0 Å². The normalized spacial score (nSPS) is 11.0. The monoisotopic (exact) mass is 283 g/mol. The molecule has 0 radical (unpaired) electrons. The Hall–Kier alpha value is -2.83. The third-order valence-corrected chi connectivity index (χ3v) is 3.40. The number of aromatic nitrogens is 5. The van der Waals surface area contributed by atoms with E-state index in [0.29, 0.717) is 22.7 Å². The fourth-order valence-corrected chi connectivity index (χ4v) is 2.08. The average molecular weight is 283 g/mol. The molecule has 2 heterocycles. The molecule has 0 aliphatic rings. The molecule has 0 aliphatic carbocycles. The fourth-order valence-electron chi connectivity index (χ4n) is 2.08. The topological polar surface area (TPSA) is 82.7 Å². The Morgan fingerprint density at radius 1 is 1.29 bits per heavy atom. The number of ketones is 1. The summed E-state index contributed by atoms with van der Waals surface area (Å²) in [6, 6.07) is 6.97. The minimum absolute atomic E-state index is 0.0404. The summed E-state index contributed by atoms with van der Waals surface area (Å²) >= 11 is 0. The van der Waals surface area contributed by atoms with Crippen LogP contribution in [0, 0.1) is 6.92 Å². The van der Waals surface area contributed by atoms with Gasteiger partial charge >= 0.3 is 0 Å². The van der Waals surface area contributed by atoms with Crippen molar-refractivity contribution < 1.29 is 4.79 Å². The fraction of sp³-hybridized carbons (Fsp3) is 0.214. The van der Waals surface area contributed by atoms with Crippen LogP contribution in [0.1, 0.15) is 23.1 Å². The maximum atomic E-state index is 12.1. The Morgan fingerprint density at radius 2 is 2.05 bits per heavy atom. The lowest BCUT2D eigenvalue weighted by molar-refractivity contribution is 0.101. The lowest BCUT2D eigenvalue weighted by atomic mass is 10.1. The number of Topliss-reactive ketones (excluding diaryl/α,β-unsaturated/α-hetero) is 1. The van der Waals surface area contributed by atoms with Crippen molar-refractivity contribution in [2.75, 3.05) is 0 Å². The van der Waals surface area contributed by atoms with Crippen molar-refractivity contribution in [1.29, 1.82) is 0 Å². The summed E-state index contributed by atoms with van der Waals surface area (Å²) in [6.07, 6.45) is 0. The maximum absolute atomic E-state index is 12.1. The van der Waals surface area contributed by atoms with E-state index < -0.39 is 0 Å². The lowest BCUT2D eigenvalue weighted by Crippen LogP contribution is -2.21. The first kappa shape index (κ1) is 13.2. The number of aryl methyl sites for hydroxylation is 1. The van der Waals surface area contributed by atoms with Crippen LogP contribution in [0.25, 0.3) is 16.9 Å². The van der Waals surface area contributed by atoms with Crippen molar-refractivity contribution >= 4 is 16.9 Å². The van der Waals surface area contributed by atoms with Crippen LogP contribution in [0.4, 0.5) is 0 Å². The molecule has 0 saturated carbocycles. The molecule has 0 N–H and O–H groups in total. The molecule has 106 valence electrons. The number of hydrogen-bond acceptors (Lipinski definition) is 5. The Balaban J connectivity index is 2.29. The van der Waals surface area contributed by atoms with Gasteiger partial charge in [-0.15, -0.1) is 5.10 Å².